The molecule has 3 rings (SSSR count). The van der Waals surface area contributed by atoms with E-state index in [4.69, 9.17) is 4.42 Å². The fourth-order valence-corrected chi connectivity index (χ4v) is 2.16. The number of fused-ring (bicyclic) bond motifs is 1. The SMILES string of the molecule is O=C(CNC(=O)Cn1nnc2ccccc2c1=O)NCc1ccco1. The van der Waals surface area contributed by atoms with E-state index < -0.39 is 11.5 Å². The molecule has 25 heavy (non-hydrogen) atoms. The highest BCUT2D eigenvalue weighted by molar-refractivity contribution is 5.84. The lowest BCUT2D eigenvalue weighted by Gasteiger charge is -2.07. The summed E-state index contributed by atoms with van der Waals surface area (Å²) in [6, 6.07) is 10.2. The average Bonchev–Trinajstić information content (AvgIpc) is 3.14. The van der Waals surface area contributed by atoms with Crippen LogP contribution in [0.4, 0.5) is 0 Å². The van der Waals surface area contributed by atoms with Crippen molar-refractivity contribution >= 4 is 22.7 Å². The van der Waals surface area contributed by atoms with Crippen molar-refractivity contribution in [2.75, 3.05) is 6.54 Å². The van der Waals surface area contributed by atoms with Gasteiger partial charge in [-0.05, 0) is 24.3 Å². The Hall–Kier alpha value is -3.49. The van der Waals surface area contributed by atoms with Gasteiger partial charge in [-0.15, -0.1) is 5.10 Å². The summed E-state index contributed by atoms with van der Waals surface area (Å²) in [6.45, 7) is -0.297. The summed E-state index contributed by atoms with van der Waals surface area (Å²) in [5.41, 5.74) is 0.0458. The second kappa shape index (κ2) is 7.39. The molecule has 9 nitrogen and oxygen atoms in total. The van der Waals surface area contributed by atoms with Gasteiger partial charge >= 0.3 is 0 Å². The molecule has 0 atom stereocenters. The molecule has 0 radical (unpaired) electrons. The summed E-state index contributed by atoms with van der Waals surface area (Å²) < 4.78 is 6.04. The summed E-state index contributed by atoms with van der Waals surface area (Å²) in [7, 11) is 0. The highest BCUT2D eigenvalue weighted by atomic mass is 16.3. The number of carbonyl (C=O) groups is 2. The van der Waals surface area contributed by atoms with Crippen molar-refractivity contribution in [1.29, 1.82) is 0 Å². The van der Waals surface area contributed by atoms with Gasteiger partial charge < -0.3 is 15.1 Å². The Morgan fingerprint density at radius 1 is 1.08 bits per heavy atom. The van der Waals surface area contributed by atoms with E-state index in [1.807, 2.05) is 0 Å². The van der Waals surface area contributed by atoms with Gasteiger partial charge in [0.05, 0.1) is 24.7 Å². The molecule has 2 amide bonds. The maximum Gasteiger partial charge on any atom is 0.278 e. The number of hydrogen-bond donors (Lipinski definition) is 2. The van der Waals surface area contributed by atoms with E-state index in [9.17, 15) is 14.4 Å². The highest BCUT2D eigenvalue weighted by Gasteiger charge is 2.10. The lowest BCUT2D eigenvalue weighted by Crippen LogP contribution is -2.40. The summed E-state index contributed by atoms with van der Waals surface area (Å²) in [6.07, 6.45) is 1.51. The molecule has 2 aromatic heterocycles. The van der Waals surface area contributed by atoms with Crippen molar-refractivity contribution in [3.63, 3.8) is 0 Å². The van der Waals surface area contributed by atoms with Gasteiger partial charge in [-0.2, -0.15) is 0 Å². The lowest BCUT2D eigenvalue weighted by atomic mass is 10.2. The normalized spacial score (nSPS) is 10.6. The molecule has 0 bridgehead atoms. The van der Waals surface area contributed by atoms with E-state index in [0.717, 1.165) is 4.68 Å². The number of furan rings is 1. The topological polar surface area (TPSA) is 119 Å². The molecule has 0 fully saturated rings. The van der Waals surface area contributed by atoms with Gasteiger partial charge in [-0.1, -0.05) is 17.3 Å². The summed E-state index contributed by atoms with van der Waals surface area (Å²) in [5, 5.41) is 13.0. The van der Waals surface area contributed by atoms with Gasteiger partial charge in [0.2, 0.25) is 11.8 Å². The number of rotatable bonds is 6. The number of benzene rings is 1. The van der Waals surface area contributed by atoms with Crippen LogP contribution < -0.4 is 16.2 Å². The molecule has 128 valence electrons. The van der Waals surface area contributed by atoms with Gasteiger partial charge in [0.25, 0.3) is 5.56 Å². The number of nitrogens with one attached hydrogen (secondary N) is 2. The molecule has 0 aliphatic carbocycles. The minimum atomic E-state index is -0.514. The van der Waals surface area contributed by atoms with E-state index in [1.54, 1.807) is 36.4 Å². The van der Waals surface area contributed by atoms with Crippen molar-refractivity contribution in [1.82, 2.24) is 25.6 Å². The van der Waals surface area contributed by atoms with Crippen LogP contribution in [0.1, 0.15) is 5.76 Å². The van der Waals surface area contributed by atoms with Gasteiger partial charge in [-0.3, -0.25) is 14.4 Å². The summed E-state index contributed by atoms with van der Waals surface area (Å²) in [4.78, 5) is 35.8. The molecule has 2 heterocycles. The minimum Gasteiger partial charge on any atom is -0.467 e. The third-order valence-electron chi connectivity index (χ3n) is 3.41. The number of aromatic nitrogens is 3. The Morgan fingerprint density at radius 3 is 2.72 bits per heavy atom. The Bertz CT molecular complexity index is 949. The molecule has 0 saturated carbocycles. The zero-order chi connectivity index (χ0) is 17.6. The molecule has 0 unspecified atom stereocenters. The van der Waals surface area contributed by atoms with Crippen molar-refractivity contribution in [3.05, 3.63) is 58.8 Å². The molecular formula is C16H15N5O4. The molecule has 0 saturated heterocycles. The fraction of sp³-hybridized carbons (Fsp3) is 0.188. The van der Waals surface area contributed by atoms with E-state index in [-0.39, 0.29) is 25.5 Å². The summed E-state index contributed by atoms with van der Waals surface area (Å²) >= 11 is 0. The Kier molecular flexibility index (Phi) is 4.84. The van der Waals surface area contributed by atoms with Crippen LogP contribution in [0.15, 0.2) is 51.9 Å². The first-order chi connectivity index (χ1) is 12.1. The van der Waals surface area contributed by atoms with Crippen LogP contribution in [0.25, 0.3) is 10.9 Å². The van der Waals surface area contributed by atoms with Crippen molar-refractivity contribution < 1.29 is 14.0 Å². The van der Waals surface area contributed by atoms with Crippen LogP contribution in [0, 0.1) is 0 Å². The van der Waals surface area contributed by atoms with E-state index in [2.05, 4.69) is 20.9 Å². The van der Waals surface area contributed by atoms with Gasteiger partial charge in [0, 0.05) is 0 Å². The fourth-order valence-electron chi connectivity index (χ4n) is 2.16. The molecule has 9 heteroatoms. The molecular weight excluding hydrogens is 326 g/mol. The molecule has 3 aromatic rings. The number of carbonyl (C=O) groups excluding carboxylic acids is 2. The first-order valence-electron chi connectivity index (χ1n) is 7.52. The van der Waals surface area contributed by atoms with Crippen molar-refractivity contribution in [2.24, 2.45) is 0 Å². The van der Waals surface area contributed by atoms with Crippen LogP contribution >= 0.6 is 0 Å². The summed E-state index contributed by atoms with van der Waals surface area (Å²) in [5.74, 6) is -0.279. The zero-order valence-corrected chi connectivity index (χ0v) is 13.1. The predicted octanol–water partition coefficient (Wildman–Crippen LogP) is -0.183. The van der Waals surface area contributed by atoms with E-state index >= 15 is 0 Å². The number of hydrogen-bond acceptors (Lipinski definition) is 6. The quantitative estimate of drug-likeness (QED) is 0.642. The van der Waals surface area contributed by atoms with Crippen LogP contribution in [-0.2, 0) is 22.7 Å². The van der Waals surface area contributed by atoms with Crippen LogP contribution in [0.5, 0.6) is 0 Å². The van der Waals surface area contributed by atoms with E-state index in [1.165, 1.54) is 6.26 Å². The number of amides is 2. The molecule has 0 spiro atoms. The maximum absolute atomic E-state index is 12.2. The van der Waals surface area contributed by atoms with Gasteiger partial charge in [-0.25, -0.2) is 4.68 Å². The van der Waals surface area contributed by atoms with Crippen molar-refractivity contribution in [3.8, 4) is 0 Å². The van der Waals surface area contributed by atoms with Gasteiger partial charge in [0.15, 0.2) is 0 Å². The Balaban J connectivity index is 1.53. The van der Waals surface area contributed by atoms with E-state index in [0.29, 0.717) is 16.7 Å². The zero-order valence-electron chi connectivity index (χ0n) is 13.1. The molecule has 2 N–H and O–H groups in total. The molecule has 1 aromatic carbocycles. The van der Waals surface area contributed by atoms with Crippen LogP contribution in [-0.4, -0.2) is 33.4 Å². The standard InChI is InChI=1S/C16H15N5O4/c22-14(17-8-11-4-3-7-25-11)9-18-15(23)10-21-16(24)12-5-1-2-6-13(12)19-20-21/h1-7H,8-10H2,(H,17,22)(H,18,23). The molecule has 0 aliphatic heterocycles. The first-order valence-corrected chi connectivity index (χ1v) is 7.52. The first kappa shape index (κ1) is 16.4. The third kappa shape index (κ3) is 4.08. The molecule has 0 aliphatic rings. The van der Waals surface area contributed by atoms with Crippen molar-refractivity contribution in [2.45, 2.75) is 13.1 Å². The van der Waals surface area contributed by atoms with Crippen LogP contribution in [0.2, 0.25) is 0 Å². The number of nitrogens with zero attached hydrogens (tertiary/aromatic N) is 3. The largest absolute Gasteiger partial charge is 0.467 e. The second-order valence-electron chi connectivity index (χ2n) is 5.20. The highest BCUT2D eigenvalue weighted by Crippen LogP contribution is 2.03. The maximum atomic E-state index is 12.2. The van der Waals surface area contributed by atoms with Crippen LogP contribution in [0.3, 0.4) is 0 Å². The Labute approximate surface area is 141 Å². The smallest absolute Gasteiger partial charge is 0.278 e. The minimum absolute atomic E-state index is 0.213. The second-order valence-corrected chi connectivity index (χ2v) is 5.20. The monoisotopic (exact) mass is 341 g/mol. The predicted molar refractivity (Wildman–Crippen MR) is 87.4 cm³/mol. The average molecular weight is 341 g/mol. The van der Waals surface area contributed by atoms with Gasteiger partial charge in [0.1, 0.15) is 17.8 Å². The Morgan fingerprint density at radius 2 is 1.92 bits per heavy atom. The third-order valence-corrected chi connectivity index (χ3v) is 3.41. The lowest BCUT2D eigenvalue weighted by molar-refractivity contribution is -0.126.